The quantitative estimate of drug-likeness (QED) is 0.847. The summed E-state index contributed by atoms with van der Waals surface area (Å²) >= 11 is 0. The lowest BCUT2D eigenvalue weighted by molar-refractivity contribution is -0.124. The number of nitrogens with zero attached hydrogens (tertiary/aromatic N) is 2. The van der Waals surface area contributed by atoms with E-state index in [1.807, 2.05) is 24.3 Å². The number of hydrogen-bond acceptors (Lipinski definition) is 4. The first-order valence-corrected chi connectivity index (χ1v) is 8.46. The molecule has 2 aromatic rings. The number of hydrogen-bond donors (Lipinski definition) is 0. The van der Waals surface area contributed by atoms with E-state index >= 15 is 0 Å². The summed E-state index contributed by atoms with van der Waals surface area (Å²) in [6.07, 6.45) is 0. The highest BCUT2D eigenvalue weighted by Gasteiger charge is 2.36. The number of para-hydroxylation sites is 2. The molecule has 1 aliphatic rings. The smallest absolute Gasteiger partial charge is 0.254 e. The Morgan fingerprint density at radius 3 is 2.54 bits per heavy atom. The van der Waals surface area contributed by atoms with Crippen LogP contribution in [0, 0.1) is 0 Å². The molecule has 6 nitrogen and oxygen atoms in total. The lowest BCUT2D eigenvalue weighted by Gasteiger charge is -2.39. The van der Waals surface area contributed by atoms with Gasteiger partial charge < -0.3 is 19.3 Å². The predicted octanol–water partition coefficient (Wildman–Crippen LogP) is 2.58. The van der Waals surface area contributed by atoms with Crippen molar-refractivity contribution in [3.05, 3.63) is 54.1 Å². The Morgan fingerprint density at radius 2 is 1.81 bits per heavy atom. The first-order chi connectivity index (χ1) is 12.6. The number of carbonyl (C=O) groups excluding carboxylic acids is 2. The Kier molecular flexibility index (Phi) is 5.11. The summed E-state index contributed by atoms with van der Waals surface area (Å²) in [6, 6.07) is 13.8. The first-order valence-electron chi connectivity index (χ1n) is 8.46. The van der Waals surface area contributed by atoms with Gasteiger partial charge in [-0.25, -0.2) is 0 Å². The van der Waals surface area contributed by atoms with Crippen molar-refractivity contribution in [1.29, 1.82) is 0 Å². The van der Waals surface area contributed by atoms with Gasteiger partial charge in [-0.3, -0.25) is 9.59 Å². The van der Waals surface area contributed by atoms with Gasteiger partial charge in [0.25, 0.3) is 5.91 Å². The zero-order chi connectivity index (χ0) is 18.7. The molecule has 0 saturated carbocycles. The molecule has 1 aliphatic heterocycles. The summed E-state index contributed by atoms with van der Waals surface area (Å²) in [4.78, 5) is 29.1. The largest absolute Gasteiger partial charge is 0.497 e. The van der Waals surface area contributed by atoms with Crippen LogP contribution in [0.3, 0.4) is 0 Å². The van der Waals surface area contributed by atoms with Crippen molar-refractivity contribution >= 4 is 17.5 Å². The minimum Gasteiger partial charge on any atom is -0.497 e. The van der Waals surface area contributed by atoms with Gasteiger partial charge in [-0.15, -0.1) is 0 Å². The van der Waals surface area contributed by atoms with Crippen LogP contribution in [0.1, 0.15) is 17.3 Å². The van der Waals surface area contributed by atoms with Crippen molar-refractivity contribution in [3.8, 4) is 11.5 Å². The topological polar surface area (TPSA) is 59.1 Å². The normalized spacial score (nSPS) is 17.2. The van der Waals surface area contributed by atoms with Gasteiger partial charge in [0.1, 0.15) is 17.5 Å². The Balaban J connectivity index is 1.82. The standard InChI is InChI=1S/C20H22N2O4/c1-14-19(23)22(17-9-4-5-10-18(17)26-3)12-11-21(14)20(24)15-7-6-8-16(13-15)25-2/h4-10,13-14H,11-12H2,1-3H3/t14-/m0/s1. The minimum absolute atomic E-state index is 0.128. The van der Waals surface area contributed by atoms with Crippen LogP contribution in [-0.2, 0) is 4.79 Å². The summed E-state index contributed by atoms with van der Waals surface area (Å²) in [5.74, 6) is 0.949. The molecule has 0 radical (unpaired) electrons. The van der Waals surface area contributed by atoms with E-state index in [2.05, 4.69) is 0 Å². The molecule has 0 aromatic heterocycles. The molecule has 0 aliphatic carbocycles. The summed E-state index contributed by atoms with van der Waals surface area (Å²) in [6.45, 7) is 2.61. The second-order valence-electron chi connectivity index (χ2n) is 6.07. The molecular weight excluding hydrogens is 332 g/mol. The maximum Gasteiger partial charge on any atom is 0.254 e. The van der Waals surface area contributed by atoms with Crippen LogP contribution >= 0.6 is 0 Å². The Labute approximate surface area is 152 Å². The number of amides is 2. The lowest BCUT2D eigenvalue weighted by Crippen LogP contribution is -2.57. The van der Waals surface area contributed by atoms with E-state index in [0.717, 1.165) is 5.69 Å². The van der Waals surface area contributed by atoms with Crippen molar-refractivity contribution in [2.24, 2.45) is 0 Å². The van der Waals surface area contributed by atoms with Gasteiger partial charge in [-0.1, -0.05) is 18.2 Å². The fourth-order valence-electron chi connectivity index (χ4n) is 3.16. The van der Waals surface area contributed by atoms with E-state index in [-0.39, 0.29) is 11.8 Å². The van der Waals surface area contributed by atoms with E-state index in [4.69, 9.17) is 9.47 Å². The van der Waals surface area contributed by atoms with Crippen LogP contribution in [0.4, 0.5) is 5.69 Å². The fraction of sp³-hybridized carbons (Fsp3) is 0.300. The van der Waals surface area contributed by atoms with Gasteiger partial charge >= 0.3 is 0 Å². The van der Waals surface area contributed by atoms with Crippen molar-refractivity contribution in [2.75, 3.05) is 32.2 Å². The highest BCUT2D eigenvalue weighted by atomic mass is 16.5. The van der Waals surface area contributed by atoms with Gasteiger partial charge in [0.2, 0.25) is 5.91 Å². The minimum atomic E-state index is -0.563. The van der Waals surface area contributed by atoms with E-state index in [0.29, 0.717) is 30.2 Å². The van der Waals surface area contributed by atoms with Crippen LogP contribution in [-0.4, -0.2) is 50.1 Å². The molecule has 6 heteroatoms. The number of carbonyl (C=O) groups is 2. The third-order valence-electron chi connectivity index (χ3n) is 4.61. The monoisotopic (exact) mass is 354 g/mol. The maximum atomic E-state index is 12.9. The third kappa shape index (κ3) is 3.22. The van der Waals surface area contributed by atoms with Crippen molar-refractivity contribution < 1.29 is 19.1 Å². The average Bonchev–Trinajstić information content (AvgIpc) is 2.69. The summed E-state index contributed by atoms with van der Waals surface area (Å²) < 4.78 is 10.5. The van der Waals surface area contributed by atoms with Crippen LogP contribution < -0.4 is 14.4 Å². The second kappa shape index (κ2) is 7.47. The number of anilines is 1. The van der Waals surface area contributed by atoms with E-state index in [1.54, 1.807) is 55.2 Å². The lowest BCUT2D eigenvalue weighted by atomic mass is 10.1. The van der Waals surface area contributed by atoms with Crippen molar-refractivity contribution in [2.45, 2.75) is 13.0 Å². The van der Waals surface area contributed by atoms with Gasteiger partial charge in [-0.2, -0.15) is 0 Å². The molecule has 2 amide bonds. The number of ether oxygens (including phenoxy) is 2. The van der Waals surface area contributed by atoms with Crippen molar-refractivity contribution in [3.63, 3.8) is 0 Å². The van der Waals surface area contributed by atoms with Gasteiger partial charge in [0.05, 0.1) is 19.9 Å². The molecule has 0 N–H and O–H groups in total. The first kappa shape index (κ1) is 17.8. The van der Waals surface area contributed by atoms with Gasteiger partial charge in [0.15, 0.2) is 0 Å². The maximum absolute atomic E-state index is 12.9. The number of rotatable bonds is 4. The molecule has 2 aromatic carbocycles. The van der Waals surface area contributed by atoms with Crippen molar-refractivity contribution in [1.82, 2.24) is 4.90 Å². The molecule has 26 heavy (non-hydrogen) atoms. The van der Waals surface area contributed by atoms with Crippen LogP contribution in [0.5, 0.6) is 11.5 Å². The zero-order valence-corrected chi connectivity index (χ0v) is 15.1. The van der Waals surface area contributed by atoms with Crippen LogP contribution in [0.15, 0.2) is 48.5 Å². The zero-order valence-electron chi connectivity index (χ0n) is 15.1. The van der Waals surface area contributed by atoms with Crippen LogP contribution in [0.2, 0.25) is 0 Å². The van der Waals surface area contributed by atoms with Gasteiger partial charge in [0, 0.05) is 18.7 Å². The molecule has 3 rings (SSSR count). The third-order valence-corrected chi connectivity index (χ3v) is 4.61. The Morgan fingerprint density at radius 1 is 1.04 bits per heavy atom. The molecule has 0 unspecified atom stereocenters. The second-order valence-corrected chi connectivity index (χ2v) is 6.07. The van der Waals surface area contributed by atoms with E-state index in [1.165, 1.54) is 0 Å². The summed E-state index contributed by atoms with van der Waals surface area (Å²) in [7, 11) is 3.14. The summed E-state index contributed by atoms with van der Waals surface area (Å²) in [5, 5.41) is 0. The Hall–Kier alpha value is -3.02. The molecule has 0 bridgehead atoms. The molecule has 1 fully saturated rings. The predicted molar refractivity (Wildman–Crippen MR) is 98.8 cm³/mol. The van der Waals surface area contributed by atoms with Crippen LogP contribution in [0.25, 0.3) is 0 Å². The summed E-state index contributed by atoms with van der Waals surface area (Å²) in [5.41, 5.74) is 1.23. The SMILES string of the molecule is COc1cccc(C(=O)N2CCN(c3ccccc3OC)C(=O)[C@@H]2C)c1. The number of methoxy groups -OCH3 is 2. The van der Waals surface area contributed by atoms with Gasteiger partial charge in [-0.05, 0) is 37.3 Å². The highest BCUT2D eigenvalue weighted by Crippen LogP contribution is 2.30. The van der Waals surface area contributed by atoms with E-state index in [9.17, 15) is 9.59 Å². The molecule has 136 valence electrons. The fourth-order valence-corrected chi connectivity index (χ4v) is 3.16. The highest BCUT2D eigenvalue weighted by molar-refractivity contribution is 6.04. The molecule has 1 saturated heterocycles. The number of piperazine rings is 1. The van der Waals surface area contributed by atoms with E-state index < -0.39 is 6.04 Å². The average molecular weight is 354 g/mol. The molecule has 1 atom stereocenters. The molecular formula is C20H22N2O4. The number of benzene rings is 2. The Bertz CT molecular complexity index is 821. The molecule has 0 spiro atoms. The molecule has 1 heterocycles.